The summed E-state index contributed by atoms with van der Waals surface area (Å²) >= 11 is 6.28. The van der Waals surface area contributed by atoms with E-state index in [1.807, 2.05) is 31.2 Å². The quantitative estimate of drug-likeness (QED) is 0.399. The smallest absolute Gasteiger partial charge is 0.264 e. The predicted octanol–water partition coefficient (Wildman–Crippen LogP) is 4.68. The Labute approximate surface area is 200 Å². The van der Waals surface area contributed by atoms with Crippen molar-refractivity contribution in [2.75, 3.05) is 24.0 Å². The number of hydrogen-bond acceptors (Lipinski definition) is 4. The van der Waals surface area contributed by atoms with Crippen molar-refractivity contribution in [1.29, 1.82) is 0 Å². The van der Waals surface area contributed by atoms with Crippen LogP contribution in [0, 0.1) is 0 Å². The van der Waals surface area contributed by atoms with Crippen LogP contribution in [-0.4, -0.2) is 34.0 Å². The maximum Gasteiger partial charge on any atom is 0.264 e. The fourth-order valence-electron chi connectivity index (χ4n) is 3.37. The standard InChI is InChI=1S/C25H27ClN2O4S/c1-2-32-24-17-9-6-11-20(24)12-10-18-27-25(29)19-28(23-16-8-7-15-22(23)26)33(30,31)21-13-4-3-5-14-21/h3-9,11,13-17H,2,10,12,18-19H2,1H3,(H,27,29). The minimum atomic E-state index is -3.99. The molecule has 1 amide bonds. The molecule has 0 atom stereocenters. The molecule has 3 aromatic rings. The van der Waals surface area contributed by atoms with Crippen LogP contribution in [-0.2, 0) is 21.2 Å². The van der Waals surface area contributed by atoms with Crippen LogP contribution in [0.2, 0.25) is 5.02 Å². The SMILES string of the molecule is CCOc1ccccc1CCCNC(=O)CN(c1ccccc1Cl)S(=O)(=O)c1ccccc1. The number of carbonyl (C=O) groups excluding carboxylic acids is 1. The van der Waals surface area contributed by atoms with Crippen molar-refractivity contribution in [2.24, 2.45) is 0 Å². The highest BCUT2D eigenvalue weighted by Crippen LogP contribution is 2.30. The summed E-state index contributed by atoms with van der Waals surface area (Å²) in [4.78, 5) is 12.8. The molecule has 0 saturated carbocycles. The number of anilines is 1. The van der Waals surface area contributed by atoms with E-state index in [0.717, 1.165) is 22.0 Å². The van der Waals surface area contributed by atoms with Gasteiger partial charge < -0.3 is 10.1 Å². The molecule has 0 heterocycles. The summed E-state index contributed by atoms with van der Waals surface area (Å²) < 4.78 is 33.3. The molecule has 0 radical (unpaired) electrons. The molecular formula is C25H27ClN2O4S. The monoisotopic (exact) mass is 486 g/mol. The second kappa shape index (κ2) is 11.7. The average Bonchev–Trinajstić information content (AvgIpc) is 2.82. The van der Waals surface area contributed by atoms with Crippen LogP contribution >= 0.6 is 11.6 Å². The Kier molecular flexibility index (Phi) is 8.74. The van der Waals surface area contributed by atoms with Gasteiger partial charge in [0.2, 0.25) is 5.91 Å². The largest absolute Gasteiger partial charge is 0.494 e. The Morgan fingerprint density at radius 2 is 1.64 bits per heavy atom. The molecule has 0 saturated heterocycles. The van der Waals surface area contributed by atoms with Gasteiger partial charge in [0.15, 0.2) is 0 Å². The summed E-state index contributed by atoms with van der Waals surface area (Å²) in [6, 6.07) is 22.4. The number of carbonyl (C=O) groups is 1. The molecule has 3 aromatic carbocycles. The number of nitrogens with one attached hydrogen (secondary N) is 1. The molecule has 0 fully saturated rings. The summed E-state index contributed by atoms with van der Waals surface area (Å²) in [5.41, 5.74) is 1.32. The first-order chi connectivity index (χ1) is 15.9. The third-order valence-electron chi connectivity index (χ3n) is 4.96. The molecule has 0 aliphatic rings. The summed E-state index contributed by atoms with van der Waals surface area (Å²) in [6.45, 7) is 2.55. The highest BCUT2D eigenvalue weighted by atomic mass is 35.5. The van der Waals surface area contributed by atoms with Gasteiger partial charge in [-0.1, -0.05) is 60.1 Å². The number of ether oxygens (including phenoxy) is 1. The number of rotatable bonds is 11. The molecule has 0 aliphatic heterocycles. The number of para-hydroxylation sites is 2. The van der Waals surface area contributed by atoms with Gasteiger partial charge in [0.05, 0.1) is 22.2 Å². The maximum atomic E-state index is 13.3. The van der Waals surface area contributed by atoms with Crippen LogP contribution in [0.25, 0.3) is 0 Å². The van der Waals surface area contributed by atoms with Gasteiger partial charge in [-0.15, -0.1) is 0 Å². The first-order valence-corrected chi connectivity index (χ1v) is 12.5. The highest BCUT2D eigenvalue weighted by Gasteiger charge is 2.28. The van der Waals surface area contributed by atoms with Crippen LogP contribution < -0.4 is 14.4 Å². The second-order valence-electron chi connectivity index (χ2n) is 7.27. The Morgan fingerprint density at radius 3 is 2.36 bits per heavy atom. The normalized spacial score (nSPS) is 11.1. The van der Waals surface area contributed by atoms with Gasteiger partial charge in [0.1, 0.15) is 12.3 Å². The number of nitrogens with zero attached hydrogens (tertiary/aromatic N) is 1. The number of sulfonamides is 1. The molecule has 0 unspecified atom stereocenters. The van der Waals surface area contributed by atoms with Gasteiger partial charge in [-0.05, 0) is 55.7 Å². The van der Waals surface area contributed by atoms with Gasteiger partial charge >= 0.3 is 0 Å². The summed E-state index contributed by atoms with van der Waals surface area (Å²) in [5, 5.41) is 3.07. The topological polar surface area (TPSA) is 75.7 Å². The molecule has 8 heteroatoms. The number of aryl methyl sites for hydroxylation is 1. The molecule has 1 N–H and O–H groups in total. The Bertz CT molecular complexity index is 1170. The van der Waals surface area contributed by atoms with Gasteiger partial charge in [-0.2, -0.15) is 0 Å². The lowest BCUT2D eigenvalue weighted by Crippen LogP contribution is -2.41. The first-order valence-electron chi connectivity index (χ1n) is 10.7. The lowest BCUT2D eigenvalue weighted by Gasteiger charge is -2.25. The van der Waals surface area contributed by atoms with Crippen molar-refractivity contribution in [3.63, 3.8) is 0 Å². The molecule has 0 aliphatic carbocycles. The van der Waals surface area contributed by atoms with Gasteiger partial charge in [-0.3, -0.25) is 9.10 Å². The minimum absolute atomic E-state index is 0.0882. The zero-order valence-electron chi connectivity index (χ0n) is 18.4. The van der Waals surface area contributed by atoms with Gasteiger partial charge in [-0.25, -0.2) is 8.42 Å². The molecule has 0 bridgehead atoms. The van der Waals surface area contributed by atoms with E-state index in [0.29, 0.717) is 19.6 Å². The average molecular weight is 487 g/mol. The van der Waals surface area contributed by atoms with Gasteiger partial charge in [0, 0.05) is 6.54 Å². The predicted molar refractivity (Wildman–Crippen MR) is 131 cm³/mol. The first kappa shape index (κ1) is 24.6. The van der Waals surface area contributed by atoms with E-state index in [1.54, 1.807) is 42.5 Å². The van der Waals surface area contributed by atoms with E-state index >= 15 is 0 Å². The van der Waals surface area contributed by atoms with Crippen molar-refractivity contribution >= 4 is 33.2 Å². The Hall–Kier alpha value is -3.03. The zero-order valence-corrected chi connectivity index (χ0v) is 20.0. The second-order valence-corrected chi connectivity index (χ2v) is 9.54. The lowest BCUT2D eigenvalue weighted by molar-refractivity contribution is -0.119. The number of hydrogen-bond donors (Lipinski definition) is 1. The third kappa shape index (κ3) is 6.49. The van der Waals surface area contributed by atoms with E-state index in [-0.39, 0.29) is 22.2 Å². The molecule has 0 spiro atoms. The van der Waals surface area contributed by atoms with Crippen molar-refractivity contribution in [1.82, 2.24) is 5.32 Å². The van der Waals surface area contributed by atoms with Crippen LogP contribution in [0.15, 0.2) is 83.8 Å². The number of amides is 1. The van der Waals surface area contributed by atoms with Crippen LogP contribution in [0.3, 0.4) is 0 Å². The van der Waals surface area contributed by atoms with Crippen LogP contribution in [0.4, 0.5) is 5.69 Å². The fraction of sp³-hybridized carbons (Fsp3) is 0.240. The maximum absolute atomic E-state index is 13.3. The van der Waals surface area contributed by atoms with Crippen molar-refractivity contribution in [3.8, 4) is 5.75 Å². The van der Waals surface area contributed by atoms with E-state index in [4.69, 9.17) is 16.3 Å². The van der Waals surface area contributed by atoms with Crippen molar-refractivity contribution in [3.05, 3.63) is 89.4 Å². The zero-order chi connectivity index (χ0) is 23.7. The summed E-state index contributed by atoms with van der Waals surface area (Å²) in [6.07, 6.45) is 1.42. The fourth-order valence-corrected chi connectivity index (χ4v) is 5.12. The van der Waals surface area contributed by atoms with E-state index in [1.165, 1.54) is 12.1 Å². The Morgan fingerprint density at radius 1 is 0.970 bits per heavy atom. The van der Waals surface area contributed by atoms with E-state index in [9.17, 15) is 13.2 Å². The molecular weight excluding hydrogens is 460 g/mol. The van der Waals surface area contributed by atoms with E-state index in [2.05, 4.69) is 5.32 Å². The third-order valence-corrected chi connectivity index (χ3v) is 7.05. The molecule has 33 heavy (non-hydrogen) atoms. The van der Waals surface area contributed by atoms with Crippen LogP contribution in [0.1, 0.15) is 18.9 Å². The minimum Gasteiger partial charge on any atom is -0.494 e. The molecule has 3 rings (SSSR count). The molecule has 6 nitrogen and oxygen atoms in total. The Balaban J connectivity index is 1.68. The van der Waals surface area contributed by atoms with Crippen molar-refractivity contribution in [2.45, 2.75) is 24.7 Å². The number of benzene rings is 3. The van der Waals surface area contributed by atoms with Crippen molar-refractivity contribution < 1.29 is 17.9 Å². The summed E-state index contributed by atoms with van der Waals surface area (Å²) in [5.74, 6) is 0.428. The lowest BCUT2D eigenvalue weighted by atomic mass is 10.1. The number of halogens is 1. The van der Waals surface area contributed by atoms with E-state index < -0.39 is 15.9 Å². The summed E-state index contributed by atoms with van der Waals surface area (Å²) in [7, 11) is -3.99. The van der Waals surface area contributed by atoms with Gasteiger partial charge in [0.25, 0.3) is 10.0 Å². The molecule has 0 aromatic heterocycles. The molecule has 174 valence electrons. The van der Waals surface area contributed by atoms with Crippen LogP contribution in [0.5, 0.6) is 5.75 Å². The highest BCUT2D eigenvalue weighted by molar-refractivity contribution is 7.92.